The summed E-state index contributed by atoms with van der Waals surface area (Å²) in [6, 6.07) is 4.54. The van der Waals surface area contributed by atoms with E-state index in [1.807, 2.05) is 6.92 Å². The second-order valence-electron chi connectivity index (χ2n) is 4.17. The highest BCUT2D eigenvalue weighted by molar-refractivity contribution is 5.46. The summed E-state index contributed by atoms with van der Waals surface area (Å²) in [6.45, 7) is 4.06. The molecular formula is C12H16N2O4. The zero-order chi connectivity index (χ0) is 13.0. The van der Waals surface area contributed by atoms with Crippen LogP contribution in [0.3, 0.4) is 0 Å². The fraction of sp³-hybridized carbons (Fsp3) is 0.500. The summed E-state index contributed by atoms with van der Waals surface area (Å²) in [5.74, 6) is 0.968. The van der Waals surface area contributed by atoms with Crippen LogP contribution in [-0.4, -0.2) is 30.7 Å². The van der Waals surface area contributed by atoms with Gasteiger partial charge >= 0.3 is 0 Å². The first kappa shape index (κ1) is 12.6. The minimum absolute atomic E-state index is 0.00844. The number of benzene rings is 1. The summed E-state index contributed by atoms with van der Waals surface area (Å²) >= 11 is 0. The fourth-order valence-corrected chi connectivity index (χ4v) is 1.57. The van der Waals surface area contributed by atoms with Gasteiger partial charge in [0.05, 0.1) is 23.7 Å². The van der Waals surface area contributed by atoms with Gasteiger partial charge in [0.1, 0.15) is 17.6 Å². The number of nitrogens with one attached hydrogen (secondary N) is 1. The van der Waals surface area contributed by atoms with Crippen molar-refractivity contribution in [2.45, 2.75) is 19.4 Å². The average molecular weight is 252 g/mol. The first-order valence-corrected chi connectivity index (χ1v) is 5.98. The third-order valence-corrected chi connectivity index (χ3v) is 2.60. The van der Waals surface area contributed by atoms with Gasteiger partial charge in [-0.15, -0.1) is 0 Å². The lowest BCUT2D eigenvalue weighted by atomic mass is 10.2. The van der Waals surface area contributed by atoms with Crippen molar-refractivity contribution in [2.24, 2.45) is 0 Å². The fourth-order valence-electron chi connectivity index (χ4n) is 1.57. The molecule has 0 atom stereocenters. The Bertz CT molecular complexity index is 432. The van der Waals surface area contributed by atoms with Crippen LogP contribution in [-0.2, 0) is 0 Å². The molecule has 1 saturated heterocycles. The summed E-state index contributed by atoms with van der Waals surface area (Å²) in [4.78, 5) is 10.4. The smallest absolute Gasteiger partial charge is 0.276 e. The molecule has 6 heteroatoms. The number of hydrogen-bond acceptors (Lipinski definition) is 5. The second kappa shape index (κ2) is 5.68. The Morgan fingerprint density at radius 3 is 2.67 bits per heavy atom. The van der Waals surface area contributed by atoms with E-state index in [4.69, 9.17) is 9.47 Å². The zero-order valence-electron chi connectivity index (χ0n) is 10.2. The molecule has 1 N–H and O–H groups in total. The highest BCUT2D eigenvalue weighted by atomic mass is 16.6. The molecule has 1 aromatic carbocycles. The zero-order valence-corrected chi connectivity index (χ0v) is 10.2. The summed E-state index contributed by atoms with van der Waals surface area (Å²) in [7, 11) is 0. The van der Waals surface area contributed by atoms with E-state index in [2.05, 4.69) is 5.32 Å². The van der Waals surface area contributed by atoms with Crippen molar-refractivity contribution in [3.05, 3.63) is 28.3 Å². The van der Waals surface area contributed by atoms with Crippen molar-refractivity contribution in [1.82, 2.24) is 5.32 Å². The molecule has 1 fully saturated rings. The molecule has 0 aromatic heterocycles. The molecule has 1 aliphatic rings. The Labute approximate surface area is 105 Å². The van der Waals surface area contributed by atoms with Crippen LogP contribution in [0.15, 0.2) is 18.2 Å². The molecule has 0 unspecified atom stereocenters. The van der Waals surface area contributed by atoms with Gasteiger partial charge in [-0.1, -0.05) is 6.92 Å². The van der Waals surface area contributed by atoms with E-state index in [1.54, 1.807) is 6.07 Å². The SMILES string of the molecule is CCCOc1cc(OC2CNC2)cc([N+](=O)[O-])c1. The van der Waals surface area contributed by atoms with Gasteiger partial charge in [-0.2, -0.15) is 0 Å². The molecule has 1 heterocycles. The molecule has 18 heavy (non-hydrogen) atoms. The summed E-state index contributed by atoms with van der Waals surface area (Å²) in [5, 5.41) is 13.9. The van der Waals surface area contributed by atoms with Crippen LogP contribution in [0.25, 0.3) is 0 Å². The monoisotopic (exact) mass is 252 g/mol. The third-order valence-electron chi connectivity index (χ3n) is 2.60. The molecule has 1 aliphatic heterocycles. The van der Waals surface area contributed by atoms with Crippen molar-refractivity contribution >= 4 is 5.69 Å². The minimum Gasteiger partial charge on any atom is -0.493 e. The van der Waals surface area contributed by atoms with E-state index in [-0.39, 0.29) is 11.8 Å². The van der Waals surface area contributed by atoms with Crippen LogP contribution in [0.4, 0.5) is 5.69 Å². The lowest BCUT2D eigenvalue weighted by Crippen LogP contribution is -2.50. The Morgan fingerprint density at radius 2 is 2.11 bits per heavy atom. The predicted molar refractivity (Wildman–Crippen MR) is 66.2 cm³/mol. The summed E-state index contributed by atoms with van der Waals surface area (Å²) in [5.41, 5.74) is -0.00844. The van der Waals surface area contributed by atoms with E-state index >= 15 is 0 Å². The maximum absolute atomic E-state index is 10.8. The molecule has 0 amide bonds. The van der Waals surface area contributed by atoms with Gasteiger partial charge in [0.15, 0.2) is 0 Å². The van der Waals surface area contributed by atoms with Crippen molar-refractivity contribution in [2.75, 3.05) is 19.7 Å². The second-order valence-corrected chi connectivity index (χ2v) is 4.17. The van der Waals surface area contributed by atoms with E-state index in [1.165, 1.54) is 12.1 Å². The van der Waals surface area contributed by atoms with Gasteiger partial charge in [-0.3, -0.25) is 10.1 Å². The van der Waals surface area contributed by atoms with Crippen molar-refractivity contribution in [1.29, 1.82) is 0 Å². The molecule has 1 aromatic rings. The quantitative estimate of drug-likeness (QED) is 0.616. The van der Waals surface area contributed by atoms with E-state index in [0.29, 0.717) is 18.1 Å². The van der Waals surface area contributed by atoms with E-state index in [0.717, 1.165) is 19.5 Å². The van der Waals surface area contributed by atoms with Gasteiger partial charge in [0.25, 0.3) is 5.69 Å². The lowest BCUT2D eigenvalue weighted by Gasteiger charge is -2.27. The van der Waals surface area contributed by atoms with Gasteiger partial charge in [0, 0.05) is 19.2 Å². The minimum atomic E-state index is -0.440. The van der Waals surface area contributed by atoms with Crippen LogP contribution in [0.2, 0.25) is 0 Å². The first-order chi connectivity index (χ1) is 8.69. The third kappa shape index (κ3) is 3.10. The van der Waals surface area contributed by atoms with Gasteiger partial charge in [0.2, 0.25) is 0 Å². The van der Waals surface area contributed by atoms with E-state index in [9.17, 15) is 10.1 Å². The normalized spacial score (nSPS) is 14.9. The number of nitro benzene ring substituents is 1. The van der Waals surface area contributed by atoms with Crippen LogP contribution >= 0.6 is 0 Å². The van der Waals surface area contributed by atoms with E-state index < -0.39 is 4.92 Å². The average Bonchev–Trinajstić information content (AvgIpc) is 2.31. The van der Waals surface area contributed by atoms with Gasteiger partial charge in [-0.05, 0) is 6.42 Å². The van der Waals surface area contributed by atoms with Gasteiger partial charge in [-0.25, -0.2) is 0 Å². The molecule has 0 saturated carbocycles. The Balaban J connectivity index is 2.15. The molecular weight excluding hydrogens is 236 g/mol. The first-order valence-electron chi connectivity index (χ1n) is 5.98. The summed E-state index contributed by atoms with van der Waals surface area (Å²) < 4.78 is 11.0. The molecule has 0 radical (unpaired) electrons. The largest absolute Gasteiger partial charge is 0.493 e. The van der Waals surface area contributed by atoms with Gasteiger partial charge < -0.3 is 14.8 Å². The van der Waals surface area contributed by atoms with Crippen molar-refractivity contribution < 1.29 is 14.4 Å². The molecule has 6 nitrogen and oxygen atoms in total. The standard InChI is InChI=1S/C12H16N2O4/c1-2-3-17-10-4-9(14(15)16)5-11(6-10)18-12-7-13-8-12/h4-6,12-13H,2-3,7-8H2,1H3. The number of non-ortho nitro benzene ring substituents is 1. The van der Waals surface area contributed by atoms with Crippen molar-refractivity contribution in [3.8, 4) is 11.5 Å². The van der Waals surface area contributed by atoms with Crippen molar-refractivity contribution in [3.63, 3.8) is 0 Å². The maximum Gasteiger partial charge on any atom is 0.276 e. The Kier molecular flexibility index (Phi) is 3.99. The van der Waals surface area contributed by atoms with Crippen LogP contribution < -0.4 is 14.8 Å². The Morgan fingerprint density at radius 1 is 1.39 bits per heavy atom. The van der Waals surface area contributed by atoms with Crippen LogP contribution in [0.5, 0.6) is 11.5 Å². The lowest BCUT2D eigenvalue weighted by molar-refractivity contribution is -0.385. The number of ether oxygens (including phenoxy) is 2. The van der Waals surface area contributed by atoms with Crippen LogP contribution in [0.1, 0.15) is 13.3 Å². The predicted octanol–water partition coefficient (Wildman–Crippen LogP) is 1.73. The molecule has 2 rings (SSSR count). The molecule has 0 spiro atoms. The maximum atomic E-state index is 10.8. The molecule has 0 bridgehead atoms. The Hall–Kier alpha value is -1.82. The number of hydrogen-bond donors (Lipinski definition) is 1. The summed E-state index contributed by atoms with van der Waals surface area (Å²) in [6.07, 6.45) is 0.942. The number of nitro groups is 1. The topological polar surface area (TPSA) is 73.6 Å². The van der Waals surface area contributed by atoms with Crippen LogP contribution in [0, 0.1) is 10.1 Å². The molecule has 98 valence electrons. The number of rotatable bonds is 6. The number of nitrogens with zero attached hydrogens (tertiary/aromatic N) is 1. The molecule has 0 aliphatic carbocycles. The highest BCUT2D eigenvalue weighted by Crippen LogP contribution is 2.28. The highest BCUT2D eigenvalue weighted by Gasteiger charge is 2.20.